The van der Waals surface area contributed by atoms with Gasteiger partial charge in [-0.15, -0.1) is 0 Å². The van der Waals surface area contributed by atoms with E-state index in [2.05, 4.69) is 4.98 Å². The minimum Gasteiger partial charge on any atom is -0.366 e. The third-order valence-electron chi connectivity index (χ3n) is 1.49. The van der Waals surface area contributed by atoms with Gasteiger partial charge in [0, 0.05) is 6.20 Å². The van der Waals surface area contributed by atoms with Gasteiger partial charge in [-0.05, 0) is 18.6 Å². The van der Waals surface area contributed by atoms with E-state index in [-0.39, 0.29) is 6.15 Å². The van der Waals surface area contributed by atoms with E-state index < -0.39 is 5.91 Å². The molecule has 0 aliphatic heterocycles. The molecular weight excluding hydrogens is 154 g/mol. The number of nitrogens with zero attached hydrogens (tertiary/aromatic N) is 1. The third kappa shape index (κ3) is 2.03. The molecule has 12 heavy (non-hydrogen) atoms. The molecule has 0 saturated carbocycles. The van der Waals surface area contributed by atoms with Crippen LogP contribution in [0.15, 0.2) is 18.3 Å². The van der Waals surface area contributed by atoms with Crippen molar-refractivity contribution in [2.45, 2.75) is 13.3 Å². The van der Waals surface area contributed by atoms with Crippen LogP contribution in [0.1, 0.15) is 23.0 Å². The van der Waals surface area contributed by atoms with Crippen LogP contribution in [0.25, 0.3) is 0 Å². The summed E-state index contributed by atoms with van der Waals surface area (Å²) in [6.07, 6.45) is 2.39. The molecule has 1 rings (SSSR count). The van der Waals surface area contributed by atoms with Gasteiger partial charge >= 0.3 is 0 Å². The lowest BCUT2D eigenvalue weighted by molar-refractivity contribution is 0.0999. The minimum atomic E-state index is -0.407. The Morgan fingerprint density at radius 2 is 2.33 bits per heavy atom. The summed E-state index contributed by atoms with van der Waals surface area (Å²) in [6, 6.07) is 3.40. The third-order valence-corrected chi connectivity index (χ3v) is 1.49. The molecule has 0 saturated heterocycles. The van der Waals surface area contributed by atoms with Crippen molar-refractivity contribution < 1.29 is 4.79 Å². The molecular formula is C8H13N3O. The van der Waals surface area contributed by atoms with Crippen LogP contribution >= 0.6 is 0 Å². The van der Waals surface area contributed by atoms with Crippen LogP contribution in [-0.2, 0) is 6.42 Å². The Morgan fingerprint density at radius 1 is 1.67 bits per heavy atom. The van der Waals surface area contributed by atoms with Crippen LogP contribution in [0.3, 0.4) is 0 Å². The van der Waals surface area contributed by atoms with Crippen molar-refractivity contribution in [1.82, 2.24) is 11.1 Å². The van der Waals surface area contributed by atoms with Gasteiger partial charge in [-0.2, -0.15) is 0 Å². The second-order valence-corrected chi connectivity index (χ2v) is 2.22. The Balaban J connectivity index is 0.00000121. The second kappa shape index (κ2) is 4.46. The van der Waals surface area contributed by atoms with Crippen molar-refractivity contribution in [3.8, 4) is 0 Å². The van der Waals surface area contributed by atoms with E-state index in [0.717, 1.165) is 12.1 Å². The largest absolute Gasteiger partial charge is 0.366 e. The Labute approximate surface area is 71.4 Å². The summed E-state index contributed by atoms with van der Waals surface area (Å²) in [5.74, 6) is -0.407. The molecule has 0 aromatic carbocycles. The first-order valence-corrected chi connectivity index (χ1v) is 3.49. The van der Waals surface area contributed by atoms with Crippen molar-refractivity contribution in [3.05, 3.63) is 29.6 Å². The quantitative estimate of drug-likeness (QED) is 0.685. The smallest absolute Gasteiger partial charge is 0.250 e. The van der Waals surface area contributed by atoms with Crippen molar-refractivity contribution in [3.63, 3.8) is 0 Å². The molecule has 1 aromatic heterocycles. The number of aryl methyl sites for hydroxylation is 1. The molecule has 0 atom stereocenters. The number of nitrogens with two attached hydrogens (primary N) is 1. The highest BCUT2D eigenvalue weighted by Crippen LogP contribution is 2.03. The highest BCUT2D eigenvalue weighted by Gasteiger charge is 2.04. The van der Waals surface area contributed by atoms with Gasteiger partial charge < -0.3 is 11.9 Å². The van der Waals surface area contributed by atoms with Gasteiger partial charge in [0.15, 0.2) is 0 Å². The maximum absolute atomic E-state index is 10.8. The molecule has 0 aliphatic carbocycles. The second-order valence-electron chi connectivity index (χ2n) is 2.22. The van der Waals surface area contributed by atoms with E-state index in [1.165, 1.54) is 0 Å². The first kappa shape index (κ1) is 10.6. The van der Waals surface area contributed by atoms with Crippen molar-refractivity contribution in [2.75, 3.05) is 0 Å². The molecule has 4 heteroatoms. The van der Waals surface area contributed by atoms with Gasteiger partial charge in [0.05, 0.1) is 11.3 Å². The van der Waals surface area contributed by atoms with Crippen molar-refractivity contribution in [2.24, 2.45) is 5.73 Å². The lowest BCUT2D eigenvalue weighted by Crippen LogP contribution is -2.14. The molecule has 1 heterocycles. The van der Waals surface area contributed by atoms with E-state index in [1.807, 2.05) is 6.92 Å². The number of pyridine rings is 1. The summed E-state index contributed by atoms with van der Waals surface area (Å²) in [7, 11) is 0. The van der Waals surface area contributed by atoms with Crippen LogP contribution in [0, 0.1) is 0 Å². The summed E-state index contributed by atoms with van der Waals surface area (Å²) in [5.41, 5.74) is 6.40. The predicted octanol–water partition coefficient (Wildman–Crippen LogP) is 0.905. The minimum absolute atomic E-state index is 0. The number of hydrogen-bond acceptors (Lipinski definition) is 3. The van der Waals surface area contributed by atoms with E-state index in [9.17, 15) is 4.79 Å². The number of aromatic nitrogens is 1. The zero-order valence-electron chi connectivity index (χ0n) is 7.08. The average molecular weight is 167 g/mol. The molecule has 0 aliphatic rings. The number of hydrogen-bond donors (Lipinski definition) is 2. The lowest BCUT2D eigenvalue weighted by atomic mass is 10.1. The van der Waals surface area contributed by atoms with Crippen molar-refractivity contribution in [1.29, 1.82) is 0 Å². The highest BCUT2D eigenvalue weighted by molar-refractivity contribution is 5.93. The molecule has 5 N–H and O–H groups in total. The molecule has 1 aromatic rings. The van der Waals surface area contributed by atoms with Crippen LogP contribution in [-0.4, -0.2) is 10.9 Å². The molecule has 0 spiro atoms. The van der Waals surface area contributed by atoms with E-state index >= 15 is 0 Å². The summed E-state index contributed by atoms with van der Waals surface area (Å²) in [4.78, 5) is 14.8. The summed E-state index contributed by atoms with van der Waals surface area (Å²) in [6.45, 7) is 1.94. The molecule has 4 nitrogen and oxygen atoms in total. The van der Waals surface area contributed by atoms with Gasteiger partial charge in [0.1, 0.15) is 0 Å². The zero-order chi connectivity index (χ0) is 8.27. The lowest BCUT2D eigenvalue weighted by Gasteiger charge is -2.00. The maximum atomic E-state index is 10.8. The van der Waals surface area contributed by atoms with Crippen molar-refractivity contribution >= 4 is 5.91 Å². The number of primary amides is 1. The molecule has 0 fully saturated rings. The maximum Gasteiger partial charge on any atom is 0.250 e. The fourth-order valence-electron chi connectivity index (χ4n) is 0.944. The molecule has 0 radical (unpaired) electrons. The van der Waals surface area contributed by atoms with Crippen LogP contribution in [0.5, 0.6) is 0 Å². The Hall–Kier alpha value is -1.42. The van der Waals surface area contributed by atoms with Gasteiger partial charge in [0.2, 0.25) is 0 Å². The SMILES string of the molecule is CCc1ncccc1C(N)=O.N. The summed E-state index contributed by atoms with van der Waals surface area (Å²) in [5, 5.41) is 0. The summed E-state index contributed by atoms with van der Waals surface area (Å²) >= 11 is 0. The normalized spacial score (nSPS) is 8.75. The zero-order valence-corrected chi connectivity index (χ0v) is 7.08. The number of amides is 1. The first-order valence-electron chi connectivity index (χ1n) is 3.49. The van der Waals surface area contributed by atoms with Gasteiger partial charge in [-0.3, -0.25) is 9.78 Å². The van der Waals surface area contributed by atoms with E-state index in [1.54, 1.807) is 18.3 Å². The predicted molar refractivity (Wildman–Crippen MR) is 47.2 cm³/mol. The Morgan fingerprint density at radius 3 is 2.75 bits per heavy atom. The molecule has 0 unspecified atom stereocenters. The fraction of sp³-hybridized carbons (Fsp3) is 0.250. The Kier molecular flexibility index (Phi) is 3.93. The standard InChI is InChI=1S/C8H10N2O.H3N/c1-2-7-6(8(9)11)4-3-5-10-7;/h3-5H,2H2,1H3,(H2,9,11);1H3. The van der Waals surface area contributed by atoms with Crippen LogP contribution < -0.4 is 11.9 Å². The Bertz CT molecular complexity index is 273. The molecule has 0 bridgehead atoms. The topological polar surface area (TPSA) is 91.0 Å². The monoisotopic (exact) mass is 167 g/mol. The number of carbonyl (C=O) groups is 1. The van der Waals surface area contributed by atoms with Gasteiger partial charge in [0.25, 0.3) is 5.91 Å². The van der Waals surface area contributed by atoms with Gasteiger partial charge in [-0.1, -0.05) is 6.92 Å². The van der Waals surface area contributed by atoms with E-state index in [0.29, 0.717) is 5.56 Å². The average Bonchev–Trinajstić information content (AvgIpc) is 2.04. The van der Waals surface area contributed by atoms with E-state index in [4.69, 9.17) is 5.73 Å². The van der Waals surface area contributed by atoms with Crippen LogP contribution in [0.4, 0.5) is 0 Å². The first-order chi connectivity index (χ1) is 5.25. The molecule has 1 amide bonds. The number of carbonyl (C=O) groups excluding carboxylic acids is 1. The number of rotatable bonds is 2. The molecule has 66 valence electrons. The summed E-state index contributed by atoms with van der Waals surface area (Å²) < 4.78 is 0. The highest BCUT2D eigenvalue weighted by atomic mass is 16.1. The van der Waals surface area contributed by atoms with Crippen LogP contribution in [0.2, 0.25) is 0 Å². The van der Waals surface area contributed by atoms with Gasteiger partial charge in [-0.25, -0.2) is 0 Å². The fourth-order valence-corrected chi connectivity index (χ4v) is 0.944.